The third-order valence-corrected chi connectivity index (χ3v) is 4.31. The molecule has 0 saturated carbocycles. The molecule has 114 valence electrons. The first-order valence-electron chi connectivity index (χ1n) is 6.89. The number of hydrogen-bond acceptors (Lipinski definition) is 4. The van der Waals surface area contributed by atoms with Gasteiger partial charge in [-0.2, -0.15) is 11.8 Å². The number of nitrogens with one attached hydrogen (secondary N) is 2. The summed E-state index contributed by atoms with van der Waals surface area (Å²) in [6.07, 6.45) is 7.81. The van der Waals surface area contributed by atoms with E-state index in [0.29, 0.717) is 0 Å². The van der Waals surface area contributed by atoms with E-state index in [1.54, 1.807) is 19.7 Å². The van der Waals surface area contributed by atoms with Crippen LogP contribution in [-0.2, 0) is 6.54 Å². The van der Waals surface area contributed by atoms with Crippen molar-refractivity contribution in [3.05, 3.63) is 12.7 Å². The first kappa shape index (κ1) is 16.8. The molecule has 0 atom stereocenters. The second-order valence-corrected chi connectivity index (χ2v) is 6.74. The second-order valence-electron chi connectivity index (χ2n) is 5.22. The van der Waals surface area contributed by atoms with E-state index in [2.05, 4.69) is 45.9 Å². The third kappa shape index (κ3) is 6.79. The average Bonchev–Trinajstić information content (AvgIpc) is 2.95. The number of hydrogen-bond donors (Lipinski definition) is 2. The molecular weight excluding hydrogens is 272 g/mol. The fourth-order valence-corrected chi connectivity index (χ4v) is 1.77. The van der Waals surface area contributed by atoms with Gasteiger partial charge in [0.05, 0.1) is 0 Å². The predicted molar refractivity (Wildman–Crippen MR) is 86.2 cm³/mol. The van der Waals surface area contributed by atoms with Crippen molar-refractivity contribution in [1.82, 2.24) is 25.4 Å². The van der Waals surface area contributed by atoms with Crippen LogP contribution >= 0.6 is 11.8 Å². The minimum atomic E-state index is 0.214. The molecule has 6 nitrogen and oxygen atoms in total. The molecule has 0 aliphatic heterocycles. The lowest BCUT2D eigenvalue weighted by Gasteiger charge is -2.23. The molecule has 1 aromatic rings. The van der Waals surface area contributed by atoms with E-state index in [-0.39, 0.29) is 4.75 Å². The maximum Gasteiger partial charge on any atom is 0.191 e. The van der Waals surface area contributed by atoms with Crippen molar-refractivity contribution in [3.63, 3.8) is 0 Å². The van der Waals surface area contributed by atoms with Gasteiger partial charge in [0, 0.05) is 31.4 Å². The van der Waals surface area contributed by atoms with E-state index in [1.165, 1.54) is 0 Å². The zero-order valence-corrected chi connectivity index (χ0v) is 13.7. The molecule has 0 aliphatic carbocycles. The number of nitrogens with zero attached hydrogens (tertiary/aromatic N) is 4. The Hall–Kier alpha value is -1.24. The normalized spacial score (nSPS) is 12.5. The molecule has 0 fully saturated rings. The van der Waals surface area contributed by atoms with Crippen LogP contribution < -0.4 is 10.6 Å². The summed E-state index contributed by atoms with van der Waals surface area (Å²) in [5, 5.41) is 14.3. The Morgan fingerprint density at radius 3 is 2.55 bits per heavy atom. The monoisotopic (exact) mass is 298 g/mol. The van der Waals surface area contributed by atoms with E-state index in [1.807, 2.05) is 16.3 Å². The van der Waals surface area contributed by atoms with Crippen LogP contribution in [0.15, 0.2) is 17.6 Å². The Labute approximate surface area is 125 Å². The summed E-state index contributed by atoms with van der Waals surface area (Å²) in [7, 11) is 1.80. The lowest BCUT2D eigenvalue weighted by Crippen LogP contribution is -2.43. The van der Waals surface area contributed by atoms with Gasteiger partial charge < -0.3 is 15.2 Å². The number of unbranched alkanes of at least 4 members (excludes halogenated alkanes) is 1. The summed E-state index contributed by atoms with van der Waals surface area (Å²) >= 11 is 1.85. The Morgan fingerprint density at radius 2 is 1.95 bits per heavy atom. The van der Waals surface area contributed by atoms with Crippen LogP contribution in [-0.4, -0.2) is 51.9 Å². The van der Waals surface area contributed by atoms with Gasteiger partial charge >= 0.3 is 0 Å². The Balaban J connectivity index is 2.12. The lowest BCUT2D eigenvalue weighted by molar-refractivity contribution is 0.594. The highest BCUT2D eigenvalue weighted by Gasteiger charge is 2.15. The minimum absolute atomic E-state index is 0.214. The van der Waals surface area contributed by atoms with E-state index in [9.17, 15) is 0 Å². The number of guanidine groups is 1. The van der Waals surface area contributed by atoms with Gasteiger partial charge in [0.2, 0.25) is 0 Å². The first-order chi connectivity index (χ1) is 9.57. The maximum absolute atomic E-state index is 4.23. The molecule has 1 rings (SSSR count). The molecule has 0 unspecified atom stereocenters. The quantitative estimate of drug-likeness (QED) is 0.431. The summed E-state index contributed by atoms with van der Waals surface area (Å²) in [5.74, 6) is 0.872. The molecule has 0 radical (unpaired) electrons. The zero-order chi connectivity index (χ0) is 14.8. The highest BCUT2D eigenvalue weighted by Crippen LogP contribution is 2.19. The first-order valence-corrected chi connectivity index (χ1v) is 8.12. The van der Waals surface area contributed by atoms with Gasteiger partial charge in [0.15, 0.2) is 5.96 Å². The summed E-state index contributed by atoms with van der Waals surface area (Å²) < 4.78 is 2.21. The fraction of sp³-hybridized carbons (Fsp3) is 0.769. The average molecular weight is 298 g/mol. The molecule has 0 spiro atoms. The Kier molecular flexibility index (Phi) is 7.43. The molecule has 20 heavy (non-hydrogen) atoms. The molecule has 0 bridgehead atoms. The van der Waals surface area contributed by atoms with Gasteiger partial charge in [0.25, 0.3) is 0 Å². The number of aryl methyl sites for hydroxylation is 1. The van der Waals surface area contributed by atoms with Crippen molar-refractivity contribution in [2.45, 2.75) is 38.0 Å². The highest BCUT2D eigenvalue weighted by molar-refractivity contribution is 7.99. The zero-order valence-electron chi connectivity index (χ0n) is 12.9. The van der Waals surface area contributed by atoms with Crippen LogP contribution in [0.2, 0.25) is 0 Å². The van der Waals surface area contributed by atoms with Crippen molar-refractivity contribution in [3.8, 4) is 0 Å². The van der Waals surface area contributed by atoms with Crippen LogP contribution in [0.5, 0.6) is 0 Å². The van der Waals surface area contributed by atoms with E-state index in [0.717, 1.165) is 38.4 Å². The van der Waals surface area contributed by atoms with Gasteiger partial charge in [-0.25, -0.2) is 0 Å². The van der Waals surface area contributed by atoms with Crippen LogP contribution in [0.1, 0.15) is 26.7 Å². The molecule has 1 heterocycles. The topological polar surface area (TPSA) is 67.1 Å². The van der Waals surface area contributed by atoms with E-state index < -0.39 is 0 Å². The van der Waals surface area contributed by atoms with Crippen molar-refractivity contribution >= 4 is 17.7 Å². The largest absolute Gasteiger partial charge is 0.356 e. The SMILES string of the molecule is CN=C(NCCCCn1cnnc1)NCC(C)(C)SC. The summed E-state index contributed by atoms with van der Waals surface area (Å²) in [6.45, 7) is 7.21. The molecule has 0 amide bonds. The maximum atomic E-state index is 4.23. The number of aliphatic imine (C=N–C) groups is 1. The predicted octanol–water partition coefficient (Wildman–Crippen LogP) is 1.36. The van der Waals surface area contributed by atoms with Crippen molar-refractivity contribution in [2.24, 2.45) is 4.99 Å². The van der Waals surface area contributed by atoms with Crippen molar-refractivity contribution in [1.29, 1.82) is 0 Å². The minimum Gasteiger partial charge on any atom is -0.356 e. The standard InChI is InChI=1S/C13H26N6S/c1-13(2,20-4)9-16-12(14-3)15-7-5-6-8-19-10-17-18-11-19/h10-11H,5-9H2,1-4H3,(H2,14,15,16). The van der Waals surface area contributed by atoms with Gasteiger partial charge in [0.1, 0.15) is 12.7 Å². The fourth-order valence-electron chi connectivity index (χ4n) is 1.55. The molecular formula is C13H26N6S. The molecule has 7 heteroatoms. The van der Waals surface area contributed by atoms with Crippen LogP contribution in [0.3, 0.4) is 0 Å². The van der Waals surface area contributed by atoms with Crippen LogP contribution in [0.25, 0.3) is 0 Å². The molecule has 0 saturated heterocycles. The summed E-state index contributed by atoms with van der Waals surface area (Å²) in [4.78, 5) is 4.23. The number of rotatable bonds is 8. The van der Waals surface area contributed by atoms with Gasteiger partial charge in [-0.15, -0.1) is 10.2 Å². The Bertz CT molecular complexity index is 388. The van der Waals surface area contributed by atoms with E-state index in [4.69, 9.17) is 0 Å². The molecule has 1 aromatic heterocycles. The van der Waals surface area contributed by atoms with Gasteiger partial charge in [-0.05, 0) is 32.9 Å². The number of thioether (sulfide) groups is 1. The Morgan fingerprint density at radius 1 is 1.25 bits per heavy atom. The summed E-state index contributed by atoms with van der Waals surface area (Å²) in [6, 6.07) is 0. The molecule has 2 N–H and O–H groups in total. The van der Waals surface area contributed by atoms with Crippen LogP contribution in [0, 0.1) is 0 Å². The van der Waals surface area contributed by atoms with Crippen LogP contribution in [0.4, 0.5) is 0 Å². The number of aromatic nitrogens is 3. The third-order valence-electron chi connectivity index (χ3n) is 3.06. The van der Waals surface area contributed by atoms with Crippen molar-refractivity contribution in [2.75, 3.05) is 26.4 Å². The van der Waals surface area contributed by atoms with Crippen molar-refractivity contribution < 1.29 is 0 Å². The lowest BCUT2D eigenvalue weighted by atomic mass is 10.2. The summed E-state index contributed by atoms with van der Waals surface area (Å²) in [5.41, 5.74) is 0. The highest BCUT2D eigenvalue weighted by atomic mass is 32.2. The molecule has 0 aromatic carbocycles. The smallest absolute Gasteiger partial charge is 0.191 e. The van der Waals surface area contributed by atoms with Gasteiger partial charge in [-0.3, -0.25) is 4.99 Å². The molecule has 0 aliphatic rings. The second kappa shape index (κ2) is 8.84. The van der Waals surface area contributed by atoms with E-state index >= 15 is 0 Å². The van der Waals surface area contributed by atoms with Gasteiger partial charge in [-0.1, -0.05) is 0 Å².